The quantitative estimate of drug-likeness (QED) is 0.356. The van der Waals surface area contributed by atoms with E-state index in [4.69, 9.17) is 21.1 Å². The van der Waals surface area contributed by atoms with Crippen LogP contribution in [0.1, 0.15) is 57.1 Å². The minimum atomic E-state index is -4.14. The number of aliphatic hydroxyl groups is 1. The summed E-state index contributed by atoms with van der Waals surface area (Å²) < 4.78 is 39.6. The summed E-state index contributed by atoms with van der Waals surface area (Å²) in [4.78, 5) is 28.3. The lowest BCUT2D eigenvalue weighted by Crippen LogP contribution is -2.43. The van der Waals surface area contributed by atoms with Crippen LogP contribution in [0.4, 0.5) is 0 Å². The Labute approximate surface area is 210 Å². The summed E-state index contributed by atoms with van der Waals surface area (Å²) in [5.74, 6) is -0.842. The molecule has 1 aromatic carbocycles. The Bertz CT molecular complexity index is 1100. The molecule has 0 spiro atoms. The van der Waals surface area contributed by atoms with Gasteiger partial charge in [0.2, 0.25) is 10.0 Å². The van der Waals surface area contributed by atoms with Gasteiger partial charge in [-0.25, -0.2) is 13.4 Å². The molecular formula is C23H32ClN3O7S. The van der Waals surface area contributed by atoms with Crippen molar-refractivity contribution < 1.29 is 32.6 Å². The number of benzene rings is 1. The number of nitrogens with zero attached hydrogens (tertiary/aromatic N) is 2. The smallest absolute Gasteiger partial charge is 0.324 e. The van der Waals surface area contributed by atoms with Gasteiger partial charge in [0.15, 0.2) is 5.15 Å². The second-order valence-corrected chi connectivity index (χ2v) is 9.76. The molecular weight excluding hydrogens is 498 g/mol. The van der Waals surface area contributed by atoms with Crippen LogP contribution < -0.4 is 4.72 Å². The van der Waals surface area contributed by atoms with Crippen LogP contribution in [0.5, 0.6) is 0 Å². The molecule has 2 N–H and O–H groups in total. The lowest BCUT2D eigenvalue weighted by Gasteiger charge is -2.17. The van der Waals surface area contributed by atoms with E-state index in [0.29, 0.717) is 18.7 Å². The van der Waals surface area contributed by atoms with Gasteiger partial charge in [-0.2, -0.15) is 4.72 Å². The highest BCUT2D eigenvalue weighted by Gasteiger charge is 2.29. The lowest BCUT2D eigenvalue weighted by atomic mass is 10.2. The third-order valence-electron chi connectivity index (χ3n) is 5.13. The minimum absolute atomic E-state index is 0.0307. The molecule has 10 nitrogen and oxygen atoms in total. The van der Waals surface area contributed by atoms with Crippen molar-refractivity contribution in [3.8, 4) is 0 Å². The standard InChI is InChI=1S/C23H32ClN3O7S/c1-4-7-8-20-25-22(24)19(15-28)27(20)14-16-9-11-17(12-10-16)35(31,32)26-18(23(30)34-6-3)13-21(29)33-5-2/h9-12,18,26,28H,4-8,13-15H2,1-3H3. The van der Waals surface area contributed by atoms with Crippen molar-refractivity contribution >= 4 is 33.6 Å². The molecule has 1 unspecified atom stereocenters. The van der Waals surface area contributed by atoms with E-state index in [1.807, 2.05) is 4.57 Å². The Morgan fingerprint density at radius 3 is 2.37 bits per heavy atom. The average molecular weight is 530 g/mol. The number of sulfonamides is 1. The van der Waals surface area contributed by atoms with Crippen LogP contribution in [0.3, 0.4) is 0 Å². The Hall–Kier alpha value is -2.47. The fourth-order valence-electron chi connectivity index (χ4n) is 3.38. The number of esters is 2. The largest absolute Gasteiger partial charge is 0.466 e. The van der Waals surface area contributed by atoms with Gasteiger partial charge in [-0.1, -0.05) is 37.1 Å². The van der Waals surface area contributed by atoms with E-state index >= 15 is 0 Å². The zero-order valence-electron chi connectivity index (χ0n) is 20.1. The number of unbranched alkanes of at least 4 members (excludes halogenated alkanes) is 1. The molecule has 0 fully saturated rings. The molecule has 194 valence electrons. The highest BCUT2D eigenvalue weighted by molar-refractivity contribution is 7.89. The molecule has 1 aromatic heterocycles. The highest BCUT2D eigenvalue weighted by Crippen LogP contribution is 2.21. The van der Waals surface area contributed by atoms with Crippen molar-refractivity contribution in [2.24, 2.45) is 0 Å². The van der Waals surface area contributed by atoms with Gasteiger partial charge in [-0.3, -0.25) is 9.59 Å². The fourth-order valence-corrected chi connectivity index (χ4v) is 4.83. The van der Waals surface area contributed by atoms with Gasteiger partial charge in [-0.15, -0.1) is 0 Å². The molecule has 1 heterocycles. The van der Waals surface area contributed by atoms with Gasteiger partial charge >= 0.3 is 11.9 Å². The zero-order chi connectivity index (χ0) is 26.0. The van der Waals surface area contributed by atoms with Crippen molar-refractivity contribution in [2.75, 3.05) is 13.2 Å². The molecule has 0 aliphatic heterocycles. The number of rotatable bonds is 14. The first-order valence-corrected chi connectivity index (χ1v) is 13.3. The van der Waals surface area contributed by atoms with Crippen molar-refractivity contribution in [3.05, 3.63) is 46.5 Å². The van der Waals surface area contributed by atoms with Gasteiger partial charge in [0.1, 0.15) is 11.9 Å². The van der Waals surface area contributed by atoms with E-state index in [9.17, 15) is 23.1 Å². The molecule has 0 bridgehead atoms. The first kappa shape index (κ1) is 28.8. The van der Waals surface area contributed by atoms with Gasteiger partial charge in [0.25, 0.3) is 0 Å². The van der Waals surface area contributed by atoms with Gasteiger partial charge in [0, 0.05) is 13.0 Å². The molecule has 12 heteroatoms. The molecule has 0 radical (unpaired) electrons. The van der Waals surface area contributed by atoms with Crippen molar-refractivity contribution in [3.63, 3.8) is 0 Å². The fraction of sp³-hybridized carbons (Fsp3) is 0.522. The summed E-state index contributed by atoms with van der Waals surface area (Å²) in [7, 11) is -4.14. The van der Waals surface area contributed by atoms with Crippen LogP contribution in [0.25, 0.3) is 0 Å². The maximum absolute atomic E-state index is 12.9. The molecule has 35 heavy (non-hydrogen) atoms. The summed E-state index contributed by atoms with van der Waals surface area (Å²) >= 11 is 6.18. The summed E-state index contributed by atoms with van der Waals surface area (Å²) in [5.41, 5.74) is 1.26. The van der Waals surface area contributed by atoms with E-state index in [0.717, 1.165) is 24.2 Å². The van der Waals surface area contributed by atoms with Crippen molar-refractivity contribution in [1.82, 2.24) is 14.3 Å². The molecule has 0 aliphatic carbocycles. The number of carbonyl (C=O) groups excluding carboxylic acids is 2. The van der Waals surface area contributed by atoms with Crippen molar-refractivity contribution in [1.29, 1.82) is 0 Å². The van der Waals surface area contributed by atoms with Crippen LogP contribution in [-0.2, 0) is 48.7 Å². The molecule has 2 aromatic rings. The average Bonchev–Trinajstić information content (AvgIpc) is 3.11. The first-order valence-electron chi connectivity index (χ1n) is 11.4. The minimum Gasteiger partial charge on any atom is -0.466 e. The number of imidazole rings is 1. The first-order chi connectivity index (χ1) is 16.7. The van der Waals surface area contributed by atoms with Crippen LogP contribution >= 0.6 is 11.6 Å². The third-order valence-corrected chi connectivity index (χ3v) is 6.92. The number of ether oxygens (including phenoxy) is 2. The maximum Gasteiger partial charge on any atom is 0.324 e. The second-order valence-electron chi connectivity index (χ2n) is 7.69. The van der Waals surface area contributed by atoms with E-state index < -0.39 is 34.4 Å². The number of halogens is 1. The van der Waals surface area contributed by atoms with Crippen LogP contribution in [0, 0.1) is 0 Å². The summed E-state index contributed by atoms with van der Waals surface area (Å²) in [6.07, 6.45) is 2.09. The molecule has 0 saturated heterocycles. The number of aryl methyl sites for hydroxylation is 1. The van der Waals surface area contributed by atoms with Gasteiger partial charge in [0.05, 0.1) is 36.8 Å². The van der Waals surface area contributed by atoms with Crippen LogP contribution in [0.2, 0.25) is 5.15 Å². The molecule has 0 saturated carbocycles. The second kappa shape index (κ2) is 13.6. The molecule has 0 aliphatic rings. The van der Waals surface area contributed by atoms with E-state index in [1.165, 1.54) is 12.1 Å². The topological polar surface area (TPSA) is 137 Å². The van der Waals surface area contributed by atoms with Crippen molar-refractivity contribution in [2.45, 2.75) is 70.5 Å². The molecule has 0 amide bonds. The summed E-state index contributed by atoms with van der Waals surface area (Å²) in [5, 5.41) is 9.97. The molecule has 1 atom stereocenters. The van der Waals surface area contributed by atoms with E-state index in [1.54, 1.807) is 26.0 Å². The maximum atomic E-state index is 12.9. The predicted octanol–water partition coefficient (Wildman–Crippen LogP) is 2.58. The Morgan fingerprint density at radius 2 is 1.80 bits per heavy atom. The van der Waals surface area contributed by atoms with Gasteiger partial charge < -0.3 is 19.1 Å². The Morgan fingerprint density at radius 1 is 1.14 bits per heavy atom. The Balaban J connectivity index is 2.23. The third kappa shape index (κ3) is 8.03. The number of hydrogen-bond donors (Lipinski definition) is 2. The number of nitrogens with one attached hydrogen (secondary N) is 1. The van der Waals surface area contributed by atoms with E-state index in [-0.39, 0.29) is 29.9 Å². The number of hydrogen-bond acceptors (Lipinski definition) is 8. The highest BCUT2D eigenvalue weighted by atomic mass is 35.5. The number of aliphatic hydroxyl groups excluding tert-OH is 1. The lowest BCUT2D eigenvalue weighted by molar-refractivity contribution is -0.151. The summed E-state index contributed by atoms with van der Waals surface area (Å²) in [6, 6.07) is 4.62. The number of carbonyl (C=O) groups is 2. The Kier molecular flexibility index (Phi) is 11.2. The van der Waals surface area contributed by atoms with Crippen LogP contribution in [-0.4, -0.2) is 54.3 Å². The monoisotopic (exact) mass is 529 g/mol. The SMILES string of the molecule is CCCCc1nc(Cl)c(CO)n1Cc1ccc(S(=O)(=O)NC(CC(=O)OCC)C(=O)OCC)cc1. The predicted molar refractivity (Wildman–Crippen MR) is 129 cm³/mol. The van der Waals surface area contributed by atoms with Gasteiger partial charge in [-0.05, 0) is 38.0 Å². The number of aromatic nitrogens is 2. The zero-order valence-corrected chi connectivity index (χ0v) is 21.7. The van der Waals surface area contributed by atoms with Crippen LogP contribution in [0.15, 0.2) is 29.2 Å². The normalized spacial score (nSPS) is 12.4. The summed E-state index contributed by atoms with van der Waals surface area (Å²) in [6.45, 7) is 5.45. The molecule has 2 rings (SSSR count). The van der Waals surface area contributed by atoms with E-state index in [2.05, 4.69) is 16.6 Å².